The van der Waals surface area contributed by atoms with Crippen molar-refractivity contribution in [1.29, 1.82) is 0 Å². The van der Waals surface area contributed by atoms with Gasteiger partial charge in [0.25, 0.3) is 5.91 Å². The minimum Gasteiger partial charge on any atom is -0.364 e. The van der Waals surface area contributed by atoms with Gasteiger partial charge in [-0.05, 0) is 12.1 Å². The van der Waals surface area contributed by atoms with Crippen LogP contribution in [0.3, 0.4) is 0 Å². The Labute approximate surface area is 75.0 Å². The first-order valence-electron chi connectivity index (χ1n) is 3.66. The molecule has 0 bridgehead atoms. The van der Waals surface area contributed by atoms with E-state index in [9.17, 15) is 4.79 Å². The van der Waals surface area contributed by atoms with Gasteiger partial charge in [-0.2, -0.15) is 0 Å². The summed E-state index contributed by atoms with van der Waals surface area (Å²) in [7, 11) is 0. The van der Waals surface area contributed by atoms with Crippen molar-refractivity contribution in [3.63, 3.8) is 0 Å². The number of carbonyl (C=O) groups excluding carboxylic acids is 1. The van der Waals surface area contributed by atoms with Gasteiger partial charge in [-0.1, -0.05) is 0 Å². The van der Waals surface area contributed by atoms with E-state index in [0.717, 1.165) is 0 Å². The molecule has 13 heavy (non-hydrogen) atoms. The van der Waals surface area contributed by atoms with Crippen molar-refractivity contribution >= 4 is 5.91 Å². The molecule has 0 fully saturated rings. The molecule has 2 heterocycles. The predicted octanol–water partition coefficient (Wildman–Crippen LogP) is 0.523. The number of aromatic amines is 2. The van der Waals surface area contributed by atoms with Crippen LogP contribution >= 0.6 is 0 Å². The van der Waals surface area contributed by atoms with E-state index >= 15 is 0 Å². The molecule has 2 rings (SSSR count). The number of hydrogen-bond donors (Lipinski definition) is 3. The number of rotatable bonds is 1. The summed E-state index contributed by atoms with van der Waals surface area (Å²) in [6, 6.07) is 3.35. The molecule has 0 atom stereocenters. The molecule has 0 aliphatic carbocycles. The van der Waals surface area contributed by atoms with Crippen molar-refractivity contribution < 1.29 is 4.79 Å². The number of imidazole rings is 1. The van der Waals surface area contributed by atoms with Crippen LogP contribution in [0.25, 0.3) is 0 Å². The van der Waals surface area contributed by atoms with Gasteiger partial charge < -0.3 is 15.7 Å². The molecular weight excluding hydrogens is 168 g/mol. The fourth-order valence-corrected chi connectivity index (χ4v) is 0.699. The van der Waals surface area contributed by atoms with Crippen LogP contribution in [-0.4, -0.2) is 20.9 Å². The van der Waals surface area contributed by atoms with Crippen LogP contribution in [-0.2, 0) is 0 Å². The van der Waals surface area contributed by atoms with Gasteiger partial charge >= 0.3 is 0 Å². The Morgan fingerprint density at radius 1 is 1.46 bits per heavy atom. The number of carbonyl (C=O) groups is 1. The SMILES string of the molecule is NC(=O)c1ccc[nH]1.c1c[nH]cn1. The van der Waals surface area contributed by atoms with Crippen molar-refractivity contribution in [2.24, 2.45) is 5.73 Å². The van der Waals surface area contributed by atoms with Crippen molar-refractivity contribution in [2.75, 3.05) is 0 Å². The molecular formula is C8H10N4O. The van der Waals surface area contributed by atoms with Crippen molar-refractivity contribution in [1.82, 2.24) is 15.0 Å². The molecule has 0 unspecified atom stereocenters. The van der Waals surface area contributed by atoms with Crippen LogP contribution in [0.1, 0.15) is 10.5 Å². The third-order valence-corrected chi connectivity index (χ3v) is 1.27. The first-order valence-corrected chi connectivity index (χ1v) is 3.66. The summed E-state index contributed by atoms with van der Waals surface area (Å²) in [6.07, 6.45) is 6.74. The first kappa shape index (κ1) is 9.05. The summed E-state index contributed by atoms with van der Waals surface area (Å²) in [4.78, 5) is 19.3. The number of amides is 1. The number of H-pyrrole nitrogens is 2. The number of nitrogens with two attached hydrogens (primary N) is 1. The van der Waals surface area contributed by atoms with Gasteiger partial charge in [-0.25, -0.2) is 4.98 Å². The summed E-state index contributed by atoms with van der Waals surface area (Å²) >= 11 is 0. The molecule has 68 valence electrons. The normalized spacial score (nSPS) is 8.62. The number of nitrogens with one attached hydrogen (secondary N) is 2. The number of aromatic nitrogens is 3. The van der Waals surface area contributed by atoms with Crippen molar-refractivity contribution in [3.05, 3.63) is 42.7 Å². The lowest BCUT2D eigenvalue weighted by molar-refractivity contribution is 0.0996. The van der Waals surface area contributed by atoms with E-state index in [2.05, 4.69) is 15.0 Å². The lowest BCUT2D eigenvalue weighted by atomic mass is 10.4. The molecule has 5 nitrogen and oxygen atoms in total. The predicted molar refractivity (Wildman–Crippen MR) is 47.9 cm³/mol. The second-order valence-electron chi connectivity index (χ2n) is 2.21. The zero-order valence-electron chi connectivity index (χ0n) is 6.90. The second kappa shape index (κ2) is 4.76. The summed E-state index contributed by atoms with van der Waals surface area (Å²) < 4.78 is 0. The zero-order valence-corrected chi connectivity index (χ0v) is 6.90. The second-order valence-corrected chi connectivity index (χ2v) is 2.21. The first-order chi connectivity index (χ1) is 6.30. The maximum absolute atomic E-state index is 10.3. The zero-order chi connectivity index (χ0) is 9.52. The van der Waals surface area contributed by atoms with Crippen molar-refractivity contribution in [3.8, 4) is 0 Å². The van der Waals surface area contributed by atoms with E-state index in [1.165, 1.54) is 0 Å². The average Bonchev–Trinajstić information content (AvgIpc) is 2.82. The summed E-state index contributed by atoms with van der Waals surface area (Å²) in [6.45, 7) is 0. The van der Waals surface area contributed by atoms with Crippen LogP contribution in [0.5, 0.6) is 0 Å². The molecule has 0 saturated carbocycles. The number of nitrogens with zero attached hydrogens (tertiary/aromatic N) is 1. The highest BCUT2D eigenvalue weighted by atomic mass is 16.1. The molecule has 0 aliphatic heterocycles. The molecule has 4 N–H and O–H groups in total. The highest BCUT2D eigenvalue weighted by molar-refractivity contribution is 5.90. The fourth-order valence-electron chi connectivity index (χ4n) is 0.699. The Bertz CT molecular complexity index is 308. The van der Waals surface area contributed by atoms with E-state index in [1.54, 1.807) is 37.1 Å². The van der Waals surface area contributed by atoms with Gasteiger partial charge in [-0.3, -0.25) is 4.79 Å². The highest BCUT2D eigenvalue weighted by Crippen LogP contribution is 1.89. The fraction of sp³-hybridized carbons (Fsp3) is 0. The quantitative estimate of drug-likeness (QED) is 0.594. The standard InChI is InChI=1S/C5H6N2O.C3H4N2/c6-5(8)4-2-1-3-7-4;1-2-5-3-4-1/h1-3,7H,(H2,6,8);1-3H,(H,4,5). The Morgan fingerprint density at radius 3 is 2.54 bits per heavy atom. The molecule has 0 aromatic carbocycles. The number of primary amides is 1. The van der Waals surface area contributed by atoms with E-state index < -0.39 is 5.91 Å². The molecule has 2 aromatic rings. The van der Waals surface area contributed by atoms with Crippen LogP contribution in [0.15, 0.2) is 37.1 Å². The maximum Gasteiger partial charge on any atom is 0.265 e. The Hall–Kier alpha value is -2.04. The average molecular weight is 178 g/mol. The van der Waals surface area contributed by atoms with Crippen LogP contribution in [0.2, 0.25) is 0 Å². The van der Waals surface area contributed by atoms with Gasteiger partial charge in [0.15, 0.2) is 0 Å². The highest BCUT2D eigenvalue weighted by Gasteiger charge is 1.95. The van der Waals surface area contributed by atoms with Gasteiger partial charge in [0.05, 0.1) is 6.33 Å². The minimum atomic E-state index is -0.421. The lowest BCUT2D eigenvalue weighted by Crippen LogP contribution is -2.10. The van der Waals surface area contributed by atoms with Crippen LogP contribution in [0, 0.1) is 0 Å². The number of hydrogen-bond acceptors (Lipinski definition) is 2. The molecule has 2 aromatic heterocycles. The van der Waals surface area contributed by atoms with E-state index in [-0.39, 0.29) is 0 Å². The van der Waals surface area contributed by atoms with Crippen LogP contribution < -0.4 is 5.73 Å². The summed E-state index contributed by atoms with van der Waals surface area (Å²) in [5.41, 5.74) is 5.34. The monoisotopic (exact) mass is 178 g/mol. The topological polar surface area (TPSA) is 87.6 Å². The Balaban J connectivity index is 0.000000145. The maximum atomic E-state index is 10.3. The molecule has 1 amide bonds. The lowest BCUT2D eigenvalue weighted by Gasteiger charge is -1.82. The Morgan fingerprint density at radius 2 is 2.31 bits per heavy atom. The smallest absolute Gasteiger partial charge is 0.265 e. The van der Waals surface area contributed by atoms with Gasteiger partial charge in [0, 0.05) is 18.6 Å². The third-order valence-electron chi connectivity index (χ3n) is 1.27. The van der Waals surface area contributed by atoms with Crippen molar-refractivity contribution in [2.45, 2.75) is 0 Å². The largest absolute Gasteiger partial charge is 0.364 e. The minimum absolute atomic E-state index is 0.421. The van der Waals surface area contributed by atoms with E-state index in [0.29, 0.717) is 5.69 Å². The Kier molecular flexibility index (Phi) is 3.31. The summed E-state index contributed by atoms with van der Waals surface area (Å²) in [5, 5.41) is 0. The van der Waals surface area contributed by atoms with E-state index in [4.69, 9.17) is 5.73 Å². The molecule has 0 saturated heterocycles. The van der Waals surface area contributed by atoms with Gasteiger partial charge in [0.2, 0.25) is 0 Å². The molecule has 5 heteroatoms. The van der Waals surface area contributed by atoms with E-state index in [1.807, 2.05) is 0 Å². The van der Waals surface area contributed by atoms with Gasteiger partial charge in [-0.15, -0.1) is 0 Å². The molecule has 0 aliphatic rings. The van der Waals surface area contributed by atoms with Gasteiger partial charge in [0.1, 0.15) is 5.69 Å². The molecule has 0 radical (unpaired) electrons. The summed E-state index contributed by atoms with van der Waals surface area (Å²) in [5.74, 6) is -0.421. The third kappa shape index (κ3) is 3.24. The van der Waals surface area contributed by atoms with Crippen LogP contribution in [0.4, 0.5) is 0 Å². The molecule has 0 spiro atoms.